The monoisotopic (exact) mass is 370 g/mol. The number of nitrogens with zero attached hydrogens (tertiary/aromatic N) is 4. The van der Waals surface area contributed by atoms with Crippen LogP contribution in [0.25, 0.3) is 11.0 Å². The van der Waals surface area contributed by atoms with E-state index in [1.807, 2.05) is 26.0 Å². The fourth-order valence-electron chi connectivity index (χ4n) is 2.39. The Labute approximate surface area is 154 Å². The second-order valence-electron chi connectivity index (χ2n) is 5.72. The normalized spacial score (nSPS) is 10.7. The van der Waals surface area contributed by atoms with Crippen LogP contribution in [0.5, 0.6) is 0 Å². The molecular formula is C17H18N6O2S. The van der Waals surface area contributed by atoms with Gasteiger partial charge in [0.1, 0.15) is 11.4 Å². The van der Waals surface area contributed by atoms with Gasteiger partial charge in [-0.2, -0.15) is 5.10 Å². The summed E-state index contributed by atoms with van der Waals surface area (Å²) in [6, 6.07) is 5.05. The van der Waals surface area contributed by atoms with Crippen molar-refractivity contribution < 1.29 is 9.59 Å². The van der Waals surface area contributed by atoms with Gasteiger partial charge in [0, 0.05) is 12.7 Å². The molecule has 9 heteroatoms. The Morgan fingerprint density at radius 3 is 2.85 bits per heavy atom. The first-order valence-electron chi connectivity index (χ1n) is 7.88. The van der Waals surface area contributed by atoms with Gasteiger partial charge in [-0.3, -0.25) is 14.8 Å². The molecule has 0 aliphatic carbocycles. The molecule has 0 bridgehead atoms. The lowest BCUT2D eigenvalue weighted by molar-refractivity contribution is -0.117. The molecule has 0 saturated carbocycles. The second kappa shape index (κ2) is 7.52. The van der Waals surface area contributed by atoms with Gasteiger partial charge in [0.25, 0.3) is 0 Å². The predicted octanol–water partition coefficient (Wildman–Crippen LogP) is 2.42. The van der Waals surface area contributed by atoms with Gasteiger partial charge in [-0.1, -0.05) is 23.9 Å². The number of imide groups is 1. The number of carbonyl (C=O) groups excluding carboxylic acids is 2. The van der Waals surface area contributed by atoms with Crippen molar-refractivity contribution in [2.75, 3.05) is 11.1 Å². The van der Waals surface area contributed by atoms with Gasteiger partial charge in [0.05, 0.1) is 17.3 Å². The van der Waals surface area contributed by atoms with Gasteiger partial charge in [-0.15, -0.1) is 0 Å². The summed E-state index contributed by atoms with van der Waals surface area (Å²) < 4.78 is 1.64. The number of carbonyl (C=O) groups is 2. The van der Waals surface area contributed by atoms with E-state index in [1.165, 1.54) is 18.1 Å². The number of rotatable bonds is 4. The molecule has 3 aromatic rings. The van der Waals surface area contributed by atoms with Crippen molar-refractivity contribution in [1.29, 1.82) is 0 Å². The number of nitrogens with one attached hydrogen (secondary N) is 2. The second-order valence-corrected chi connectivity index (χ2v) is 6.69. The molecule has 0 fully saturated rings. The van der Waals surface area contributed by atoms with E-state index in [1.54, 1.807) is 24.0 Å². The molecule has 26 heavy (non-hydrogen) atoms. The summed E-state index contributed by atoms with van der Waals surface area (Å²) in [4.78, 5) is 32.4. The summed E-state index contributed by atoms with van der Waals surface area (Å²) in [5, 5.41) is 10.6. The molecule has 3 rings (SSSR count). The van der Waals surface area contributed by atoms with Crippen molar-refractivity contribution in [3.8, 4) is 0 Å². The number of thioether (sulfide) groups is 1. The number of fused-ring (bicyclic) bond motifs is 1. The highest BCUT2D eigenvalue weighted by molar-refractivity contribution is 8.00. The van der Waals surface area contributed by atoms with Crippen molar-refractivity contribution >= 4 is 40.4 Å². The number of aromatic nitrogens is 4. The summed E-state index contributed by atoms with van der Waals surface area (Å²) in [6.07, 6.45) is 3.08. The number of hydrogen-bond donors (Lipinski definition) is 2. The fourth-order valence-corrected chi connectivity index (χ4v) is 3.15. The molecule has 8 nitrogen and oxygen atoms in total. The number of amides is 3. The third kappa shape index (κ3) is 3.83. The van der Waals surface area contributed by atoms with Crippen LogP contribution in [-0.4, -0.2) is 37.4 Å². The maximum atomic E-state index is 12.1. The Kier molecular flexibility index (Phi) is 5.17. The molecular weight excluding hydrogens is 352 g/mol. The first-order valence-corrected chi connectivity index (χ1v) is 8.87. The number of anilines is 1. The van der Waals surface area contributed by atoms with E-state index in [0.29, 0.717) is 16.4 Å². The molecule has 2 heterocycles. The Morgan fingerprint density at radius 2 is 2.04 bits per heavy atom. The standard InChI is InChI=1S/C17H18N6O2S/c1-10-5-4-6-13(11(10)2)21-17(25)22-14(24)8-26-16-12-7-20-23(3)15(12)18-9-19-16/h4-7,9H,8H2,1-3H3,(H2,21,22,24,25). The van der Waals surface area contributed by atoms with E-state index in [4.69, 9.17) is 0 Å². The first kappa shape index (κ1) is 17.9. The Bertz CT molecular complexity index is 985. The van der Waals surface area contributed by atoms with E-state index < -0.39 is 11.9 Å². The maximum Gasteiger partial charge on any atom is 0.325 e. The summed E-state index contributed by atoms with van der Waals surface area (Å²) in [5.74, 6) is -0.352. The zero-order valence-electron chi connectivity index (χ0n) is 14.6. The first-order chi connectivity index (χ1) is 12.5. The van der Waals surface area contributed by atoms with Crippen molar-refractivity contribution in [1.82, 2.24) is 25.1 Å². The molecule has 0 atom stereocenters. The minimum atomic E-state index is -0.557. The fraction of sp³-hybridized carbons (Fsp3) is 0.235. The summed E-state index contributed by atoms with van der Waals surface area (Å²) in [7, 11) is 1.79. The Balaban J connectivity index is 1.58. The lowest BCUT2D eigenvalue weighted by Crippen LogP contribution is -2.35. The number of aryl methyl sites for hydroxylation is 2. The van der Waals surface area contributed by atoms with E-state index in [2.05, 4.69) is 25.7 Å². The van der Waals surface area contributed by atoms with E-state index in [0.717, 1.165) is 16.5 Å². The van der Waals surface area contributed by atoms with Gasteiger partial charge < -0.3 is 5.32 Å². The zero-order valence-corrected chi connectivity index (χ0v) is 15.4. The molecule has 0 aliphatic heterocycles. The van der Waals surface area contributed by atoms with Gasteiger partial charge >= 0.3 is 6.03 Å². The number of benzene rings is 1. The van der Waals surface area contributed by atoms with Crippen LogP contribution in [0.15, 0.2) is 35.7 Å². The summed E-state index contributed by atoms with van der Waals surface area (Å²) >= 11 is 1.23. The van der Waals surface area contributed by atoms with Gasteiger partial charge in [0.15, 0.2) is 5.65 Å². The highest BCUT2D eigenvalue weighted by atomic mass is 32.2. The van der Waals surface area contributed by atoms with Gasteiger partial charge in [0.2, 0.25) is 5.91 Å². The minimum absolute atomic E-state index is 0.0568. The molecule has 0 aliphatic rings. The molecule has 3 amide bonds. The highest BCUT2D eigenvalue weighted by Gasteiger charge is 2.13. The number of urea groups is 1. The topological polar surface area (TPSA) is 102 Å². The van der Waals surface area contributed by atoms with Crippen LogP contribution in [0.2, 0.25) is 0 Å². The molecule has 0 unspecified atom stereocenters. The third-order valence-electron chi connectivity index (χ3n) is 3.94. The summed E-state index contributed by atoms with van der Waals surface area (Å²) in [6.45, 7) is 3.87. The SMILES string of the molecule is Cc1cccc(NC(=O)NC(=O)CSc2ncnc3c2cnn3C)c1C. The molecule has 2 N–H and O–H groups in total. The largest absolute Gasteiger partial charge is 0.325 e. The van der Waals surface area contributed by atoms with E-state index in [-0.39, 0.29) is 5.75 Å². The highest BCUT2D eigenvalue weighted by Crippen LogP contribution is 2.23. The van der Waals surface area contributed by atoms with Gasteiger partial charge in [-0.05, 0) is 31.0 Å². The van der Waals surface area contributed by atoms with Crippen LogP contribution in [0, 0.1) is 13.8 Å². The smallest absolute Gasteiger partial charge is 0.307 e. The minimum Gasteiger partial charge on any atom is -0.307 e. The van der Waals surface area contributed by atoms with E-state index >= 15 is 0 Å². The van der Waals surface area contributed by atoms with Crippen LogP contribution in [0.3, 0.4) is 0 Å². The zero-order chi connectivity index (χ0) is 18.7. The van der Waals surface area contributed by atoms with Crippen LogP contribution in [0.4, 0.5) is 10.5 Å². The van der Waals surface area contributed by atoms with Crippen molar-refractivity contribution in [3.63, 3.8) is 0 Å². The van der Waals surface area contributed by atoms with Gasteiger partial charge in [-0.25, -0.2) is 14.8 Å². The Hall–Kier alpha value is -2.94. The van der Waals surface area contributed by atoms with Crippen LogP contribution >= 0.6 is 11.8 Å². The average molecular weight is 370 g/mol. The molecule has 2 aromatic heterocycles. The maximum absolute atomic E-state index is 12.1. The average Bonchev–Trinajstić information content (AvgIpc) is 2.99. The van der Waals surface area contributed by atoms with E-state index in [9.17, 15) is 9.59 Å². The molecule has 0 spiro atoms. The molecule has 0 radical (unpaired) electrons. The molecule has 134 valence electrons. The molecule has 1 aromatic carbocycles. The lowest BCUT2D eigenvalue weighted by Gasteiger charge is -2.10. The predicted molar refractivity (Wildman–Crippen MR) is 100 cm³/mol. The van der Waals surface area contributed by atoms with Crippen molar-refractivity contribution in [3.05, 3.63) is 41.9 Å². The molecule has 0 saturated heterocycles. The lowest BCUT2D eigenvalue weighted by atomic mass is 10.1. The quantitative estimate of drug-likeness (QED) is 0.540. The van der Waals surface area contributed by atoms with Crippen LogP contribution < -0.4 is 10.6 Å². The van der Waals surface area contributed by atoms with Crippen LogP contribution in [0.1, 0.15) is 11.1 Å². The van der Waals surface area contributed by atoms with Crippen LogP contribution in [-0.2, 0) is 11.8 Å². The van der Waals surface area contributed by atoms with Crippen molar-refractivity contribution in [2.45, 2.75) is 18.9 Å². The number of hydrogen-bond acceptors (Lipinski definition) is 6. The van der Waals surface area contributed by atoms with Crippen molar-refractivity contribution in [2.24, 2.45) is 7.05 Å². The Morgan fingerprint density at radius 1 is 1.23 bits per heavy atom. The summed E-state index contributed by atoms with van der Waals surface area (Å²) in [5.41, 5.74) is 3.39. The third-order valence-corrected chi connectivity index (χ3v) is 4.94.